The molecule has 0 fully saturated rings. The zero-order valence-electron chi connectivity index (χ0n) is 11.7. The lowest BCUT2D eigenvalue weighted by molar-refractivity contribution is 0.440. The second kappa shape index (κ2) is 6.53. The summed E-state index contributed by atoms with van der Waals surface area (Å²) in [6.45, 7) is 5.12. The number of halogens is 1. The number of rotatable bonds is 6. The maximum atomic E-state index is 5.64. The summed E-state index contributed by atoms with van der Waals surface area (Å²) in [6, 6.07) is 4.20. The lowest BCUT2D eigenvalue weighted by atomic mass is 9.96. The molecule has 2 aromatic rings. The molecule has 0 amide bonds. The highest BCUT2D eigenvalue weighted by atomic mass is 79.9. The molecule has 1 heterocycles. The van der Waals surface area contributed by atoms with Crippen LogP contribution in [-0.4, -0.2) is 16.5 Å². The number of aryl methyl sites for hydroxylation is 2. The third kappa shape index (κ3) is 3.57. The summed E-state index contributed by atoms with van der Waals surface area (Å²) in [7, 11) is 0. The maximum absolute atomic E-state index is 5.64. The summed E-state index contributed by atoms with van der Waals surface area (Å²) in [6.07, 6.45) is 4.47. The van der Waals surface area contributed by atoms with Crippen LogP contribution in [0.4, 0.5) is 0 Å². The Morgan fingerprint density at radius 3 is 2.84 bits per heavy atom. The Labute approximate surface area is 123 Å². The third-order valence-electron chi connectivity index (χ3n) is 3.73. The Kier molecular flexibility index (Phi) is 4.99. The summed E-state index contributed by atoms with van der Waals surface area (Å²) >= 11 is 3.52. The lowest BCUT2D eigenvalue weighted by Crippen LogP contribution is -2.09. The van der Waals surface area contributed by atoms with Gasteiger partial charge in [0, 0.05) is 10.9 Å². The average Bonchev–Trinajstić information content (AvgIpc) is 2.77. The van der Waals surface area contributed by atoms with Crippen molar-refractivity contribution in [2.24, 2.45) is 11.7 Å². The standard InChI is InChI=1S/C15H22BrN3/c1-3-11(6-7-17)4-5-14-18-13-9-12(16)8-10(2)15(13)19-14/h8-9,11H,3-7,17H2,1-2H3,(H,18,19). The van der Waals surface area contributed by atoms with E-state index >= 15 is 0 Å². The van der Waals surface area contributed by atoms with Crippen molar-refractivity contribution in [2.75, 3.05) is 6.54 Å². The molecule has 0 spiro atoms. The van der Waals surface area contributed by atoms with Crippen LogP contribution in [0.5, 0.6) is 0 Å². The summed E-state index contributed by atoms with van der Waals surface area (Å²) in [5.74, 6) is 1.80. The molecule has 3 N–H and O–H groups in total. The second-order valence-corrected chi connectivity index (χ2v) is 6.11. The first-order valence-electron chi connectivity index (χ1n) is 6.98. The summed E-state index contributed by atoms with van der Waals surface area (Å²) in [4.78, 5) is 8.14. The van der Waals surface area contributed by atoms with E-state index in [2.05, 4.69) is 46.9 Å². The number of nitrogens with zero attached hydrogens (tertiary/aromatic N) is 1. The first kappa shape index (κ1) is 14.5. The summed E-state index contributed by atoms with van der Waals surface area (Å²) in [5, 5.41) is 0. The van der Waals surface area contributed by atoms with Gasteiger partial charge in [0.2, 0.25) is 0 Å². The third-order valence-corrected chi connectivity index (χ3v) is 4.19. The topological polar surface area (TPSA) is 54.7 Å². The van der Waals surface area contributed by atoms with Crippen LogP contribution < -0.4 is 5.73 Å². The Balaban J connectivity index is 2.11. The normalized spacial score (nSPS) is 13.1. The van der Waals surface area contributed by atoms with Crippen molar-refractivity contribution in [1.82, 2.24) is 9.97 Å². The second-order valence-electron chi connectivity index (χ2n) is 5.19. The van der Waals surface area contributed by atoms with Gasteiger partial charge in [-0.25, -0.2) is 4.98 Å². The molecule has 0 bridgehead atoms. The van der Waals surface area contributed by atoms with Crippen LogP contribution in [0, 0.1) is 12.8 Å². The number of nitrogens with one attached hydrogen (secondary N) is 1. The number of hydrogen-bond donors (Lipinski definition) is 2. The molecule has 19 heavy (non-hydrogen) atoms. The number of aromatic amines is 1. The van der Waals surface area contributed by atoms with Gasteiger partial charge in [-0.15, -0.1) is 0 Å². The van der Waals surface area contributed by atoms with E-state index in [4.69, 9.17) is 10.7 Å². The number of H-pyrrole nitrogens is 1. The molecule has 0 aliphatic heterocycles. The van der Waals surface area contributed by atoms with E-state index in [1.165, 1.54) is 12.0 Å². The van der Waals surface area contributed by atoms with Gasteiger partial charge < -0.3 is 10.7 Å². The minimum absolute atomic E-state index is 0.714. The Morgan fingerprint density at radius 1 is 1.37 bits per heavy atom. The monoisotopic (exact) mass is 323 g/mol. The molecule has 104 valence electrons. The van der Waals surface area contributed by atoms with Gasteiger partial charge in [0.15, 0.2) is 0 Å². The van der Waals surface area contributed by atoms with Crippen LogP contribution >= 0.6 is 15.9 Å². The molecule has 0 radical (unpaired) electrons. The van der Waals surface area contributed by atoms with Gasteiger partial charge in [0.25, 0.3) is 0 Å². The van der Waals surface area contributed by atoms with E-state index in [1.54, 1.807) is 0 Å². The van der Waals surface area contributed by atoms with E-state index in [9.17, 15) is 0 Å². The van der Waals surface area contributed by atoms with Gasteiger partial charge in [-0.05, 0) is 49.9 Å². The molecule has 1 aromatic carbocycles. The first-order chi connectivity index (χ1) is 9.13. The van der Waals surface area contributed by atoms with Crippen LogP contribution in [0.15, 0.2) is 16.6 Å². The van der Waals surface area contributed by atoms with Crippen molar-refractivity contribution in [3.8, 4) is 0 Å². The fourth-order valence-electron chi connectivity index (χ4n) is 2.55. The van der Waals surface area contributed by atoms with E-state index in [0.29, 0.717) is 5.92 Å². The molecule has 0 saturated heterocycles. The first-order valence-corrected chi connectivity index (χ1v) is 7.78. The minimum atomic E-state index is 0.714. The number of imidazole rings is 1. The Hall–Kier alpha value is -0.870. The van der Waals surface area contributed by atoms with E-state index in [0.717, 1.165) is 47.1 Å². The predicted octanol–water partition coefficient (Wildman–Crippen LogP) is 3.94. The van der Waals surface area contributed by atoms with Gasteiger partial charge in [0.05, 0.1) is 11.0 Å². The fourth-order valence-corrected chi connectivity index (χ4v) is 3.12. The van der Waals surface area contributed by atoms with Crippen LogP contribution in [-0.2, 0) is 6.42 Å². The van der Waals surface area contributed by atoms with Crippen molar-refractivity contribution in [3.05, 3.63) is 28.0 Å². The molecule has 0 aliphatic carbocycles. The quantitative estimate of drug-likeness (QED) is 0.845. The number of nitrogens with two attached hydrogens (primary N) is 1. The number of aromatic nitrogens is 2. The van der Waals surface area contributed by atoms with Gasteiger partial charge in [-0.2, -0.15) is 0 Å². The largest absolute Gasteiger partial charge is 0.342 e. The summed E-state index contributed by atoms with van der Waals surface area (Å²) in [5.41, 5.74) is 9.06. The highest BCUT2D eigenvalue weighted by molar-refractivity contribution is 9.10. The fraction of sp³-hybridized carbons (Fsp3) is 0.533. The Bertz CT molecular complexity index is 548. The zero-order chi connectivity index (χ0) is 13.8. The molecule has 1 atom stereocenters. The van der Waals surface area contributed by atoms with Crippen molar-refractivity contribution in [1.29, 1.82) is 0 Å². The van der Waals surface area contributed by atoms with Crippen LogP contribution in [0.3, 0.4) is 0 Å². The van der Waals surface area contributed by atoms with Crippen LogP contribution in [0.2, 0.25) is 0 Å². The van der Waals surface area contributed by atoms with Gasteiger partial charge in [0.1, 0.15) is 5.82 Å². The molecule has 0 aliphatic rings. The van der Waals surface area contributed by atoms with Crippen molar-refractivity contribution in [2.45, 2.75) is 39.5 Å². The van der Waals surface area contributed by atoms with E-state index in [1.807, 2.05) is 0 Å². The number of benzene rings is 1. The number of hydrogen-bond acceptors (Lipinski definition) is 2. The predicted molar refractivity (Wildman–Crippen MR) is 84.3 cm³/mol. The molecule has 1 unspecified atom stereocenters. The average molecular weight is 324 g/mol. The van der Waals surface area contributed by atoms with Gasteiger partial charge >= 0.3 is 0 Å². The SMILES string of the molecule is CCC(CCN)CCc1nc2c(C)cc(Br)cc2[nH]1. The molecule has 0 saturated carbocycles. The lowest BCUT2D eigenvalue weighted by Gasteiger charge is -2.11. The van der Waals surface area contributed by atoms with E-state index in [-0.39, 0.29) is 0 Å². The van der Waals surface area contributed by atoms with Gasteiger partial charge in [-0.3, -0.25) is 0 Å². The van der Waals surface area contributed by atoms with Crippen molar-refractivity contribution < 1.29 is 0 Å². The smallest absolute Gasteiger partial charge is 0.107 e. The van der Waals surface area contributed by atoms with Crippen molar-refractivity contribution >= 4 is 27.0 Å². The molecule has 3 nitrogen and oxygen atoms in total. The van der Waals surface area contributed by atoms with E-state index < -0.39 is 0 Å². The molecular weight excluding hydrogens is 302 g/mol. The number of fused-ring (bicyclic) bond motifs is 1. The van der Waals surface area contributed by atoms with Gasteiger partial charge in [-0.1, -0.05) is 29.3 Å². The molecule has 4 heteroatoms. The molecule has 1 aromatic heterocycles. The van der Waals surface area contributed by atoms with Crippen LogP contribution in [0.25, 0.3) is 11.0 Å². The maximum Gasteiger partial charge on any atom is 0.107 e. The highest BCUT2D eigenvalue weighted by Gasteiger charge is 2.10. The zero-order valence-corrected chi connectivity index (χ0v) is 13.3. The molecule has 2 rings (SSSR count). The van der Waals surface area contributed by atoms with Crippen LogP contribution in [0.1, 0.15) is 37.6 Å². The minimum Gasteiger partial charge on any atom is -0.342 e. The highest BCUT2D eigenvalue weighted by Crippen LogP contribution is 2.23. The Morgan fingerprint density at radius 2 is 2.16 bits per heavy atom. The summed E-state index contributed by atoms with van der Waals surface area (Å²) < 4.78 is 1.10. The molecular formula is C15H22BrN3. The van der Waals surface area contributed by atoms with Crippen molar-refractivity contribution in [3.63, 3.8) is 0 Å².